The summed E-state index contributed by atoms with van der Waals surface area (Å²) in [5.41, 5.74) is -0.618. The Bertz CT molecular complexity index is 333. The Balaban J connectivity index is 3.25. The molecule has 0 atom stereocenters. The SMILES string of the molecule is OCc1cc(C(F)F)c(CBr)nc1F. The maximum absolute atomic E-state index is 12.9. The Morgan fingerprint density at radius 1 is 1.50 bits per heavy atom. The molecule has 0 amide bonds. The molecule has 2 nitrogen and oxygen atoms in total. The van der Waals surface area contributed by atoms with Gasteiger partial charge in [-0.15, -0.1) is 0 Å². The first kappa shape index (κ1) is 11.5. The van der Waals surface area contributed by atoms with Crippen molar-refractivity contribution < 1.29 is 18.3 Å². The van der Waals surface area contributed by atoms with Crippen molar-refractivity contribution in [3.63, 3.8) is 0 Å². The predicted octanol–water partition coefficient (Wildman–Crippen LogP) is 2.55. The van der Waals surface area contributed by atoms with E-state index >= 15 is 0 Å². The van der Waals surface area contributed by atoms with Crippen molar-refractivity contribution >= 4 is 15.9 Å². The van der Waals surface area contributed by atoms with Crippen molar-refractivity contribution in [3.8, 4) is 0 Å². The summed E-state index contributed by atoms with van der Waals surface area (Å²) in [7, 11) is 0. The number of pyridine rings is 1. The Labute approximate surface area is 86.9 Å². The van der Waals surface area contributed by atoms with E-state index in [0.717, 1.165) is 6.07 Å². The molecule has 1 aromatic rings. The lowest BCUT2D eigenvalue weighted by molar-refractivity contribution is 0.149. The molecule has 0 bridgehead atoms. The Morgan fingerprint density at radius 2 is 2.14 bits per heavy atom. The first-order valence-corrected chi connectivity index (χ1v) is 4.85. The van der Waals surface area contributed by atoms with Gasteiger partial charge in [0.2, 0.25) is 5.95 Å². The van der Waals surface area contributed by atoms with E-state index in [4.69, 9.17) is 5.11 Å². The fourth-order valence-corrected chi connectivity index (χ4v) is 1.44. The van der Waals surface area contributed by atoms with Crippen molar-refractivity contribution in [2.75, 3.05) is 0 Å². The van der Waals surface area contributed by atoms with E-state index < -0.39 is 19.0 Å². The largest absolute Gasteiger partial charge is 0.392 e. The topological polar surface area (TPSA) is 33.1 Å². The van der Waals surface area contributed by atoms with E-state index in [2.05, 4.69) is 20.9 Å². The molecule has 0 unspecified atom stereocenters. The number of aromatic nitrogens is 1. The summed E-state index contributed by atoms with van der Waals surface area (Å²) in [6.45, 7) is -0.638. The van der Waals surface area contributed by atoms with Crippen LogP contribution in [-0.4, -0.2) is 10.1 Å². The molecule has 0 saturated carbocycles. The van der Waals surface area contributed by atoms with Gasteiger partial charge in [-0.2, -0.15) is 4.39 Å². The van der Waals surface area contributed by atoms with Gasteiger partial charge in [-0.05, 0) is 6.07 Å². The Hall–Kier alpha value is -0.620. The molecule has 0 aliphatic carbocycles. The molecule has 0 fully saturated rings. The number of alkyl halides is 3. The van der Waals surface area contributed by atoms with E-state index in [1.165, 1.54) is 0 Å². The lowest BCUT2D eigenvalue weighted by Gasteiger charge is -2.07. The fourth-order valence-electron chi connectivity index (χ4n) is 0.992. The first-order valence-electron chi connectivity index (χ1n) is 3.73. The Kier molecular flexibility index (Phi) is 3.88. The number of hydrogen-bond acceptors (Lipinski definition) is 2. The maximum Gasteiger partial charge on any atom is 0.265 e. The highest BCUT2D eigenvalue weighted by Crippen LogP contribution is 2.25. The fraction of sp³-hybridized carbons (Fsp3) is 0.375. The van der Waals surface area contributed by atoms with Gasteiger partial charge >= 0.3 is 0 Å². The van der Waals surface area contributed by atoms with Crippen LogP contribution in [0, 0.1) is 5.95 Å². The van der Waals surface area contributed by atoms with Gasteiger partial charge in [0.15, 0.2) is 0 Å². The zero-order valence-electron chi connectivity index (χ0n) is 6.98. The predicted molar refractivity (Wildman–Crippen MR) is 47.7 cm³/mol. The van der Waals surface area contributed by atoms with Gasteiger partial charge in [-0.25, -0.2) is 13.8 Å². The van der Waals surface area contributed by atoms with Gasteiger partial charge in [0.1, 0.15) is 0 Å². The van der Waals surface area contributed by atoms with Gasteiger partial charge in [0.05, 0.1) is 12.3 Å². The van der Waals surface area contributed by atoms with Gasteiger partial charge < -0.3 is 5.11 Å². The lowest BCUT2D eigenvalue weighted by atomic mass is 10.1. The maximum atomic E-state index is 12.9. The van der Waals surface area contributed by atoms with Crippen LogP contribution in [0.4, 0.5) is 13.2 Å². The van der Waals surface area contributed by atoms with Gasteiger partial charge in [0, 0.05) is 16.5 Å². The molecule has 1 heterocycles. The molecule has 0 aromatic carbocycles. The molecule has 1 aromatic heterocycles. The van der Waals surface area contributed by atoms with E-state index in [1.54, 1.807) is 0 Å². The summed E-state index contributed by atoms with van der Waals surface area (Å²) in [6, 6.07) is 0.934. The average Bonchev–Trinajstić information content (AvgIpc) is 2.16. The highest BCUT2D eigenvalue weighted by Gasteiger charge is 2.17. The molecular weight excluding hydrogens is 263 g/mol. The van der Waals surface area contributed by atoms with Crippen LogP contribution >= 0.6 is 15.9 Å². The minimum absolute atomic E-state index is 0.0466. The van der Waals surface area contributed by atoms with Crippen LogP contribution in [0.1, 0.15) is 23.2 Å². The third-order valence-electron chi connectivity index (χ3n) is 1.69. The van der Waals surface area contributed by atoms with Gasteiger partial charge in [-0.1, -0.05) is 15.9 Å². The van der Waals surface area contributed by atoms with E-state index in [1.807, 2.05) is 0 Å². The number of rotatable bonds is 3. The number of halogens is 4. The van der Waals surface area contributed by atoms with Crippen LogP contribution in [0.15, 0.2) is 6.07 Å². The van der Waals surface area contributed by atoms with Crippen molar-refractivity contribution in [2.45, 2.75) is 18.4 Å². The van der Waals surface area contributed by atoms with Crippen LogP contribution in [-0.2, 0) is 11.9 Å². The molecular formula is C8H7BrF3NO. The van der Waals surface area contributed by atoms with Crippen LogP contribution in [0.5, 0.6) is 0 Å². The van der Waals surface area contributed by atoms with Crippen molar-refractivity contribution in [1.82, 2.24) is 4.98 Å². The summed E-state index contributed by atoms with van der Waals surface area (Å²) in [5, 5.41) is 8.70. The molecule has 14 heavy (non-hydrogen) atoms. The van der Waals surface area contributed by atoms with Crippen LogP contribution in [0.2, 0.25) is 0 Å². The smallest absolute Gasteiger partial charge is 0.265 e. The van der Waals surface area contributed by atoms with E-state index in [0.29, 0.717) is 0 Å². The van der Waals surface area contributed by atoms with Crippen molar-refractivity contribution in [3.05, 3.63) is 28.8 Å². The van der Waals surface area contributed by atoms with Crippen LogP contribution < -0.4 is 0 Å². The molecule has 0 spiro atoms. The summed E-state index contributed by atoms with van der Waals surface area (Å²) in [6.07, 6.45) is -2.72. The van der Waals surface area contributed by atoms with E-state index in [-0.39, 0.29) is 22.2 Å². The number of nitrogens with zero attached hydrogens (tertiary/aromatic N) is 1. The third-order valence-corrected chi connectivity index (χ3v) is 2.22. The number of aliphatic hydroxyl groups is 1. The summed E-state index contributed by atoms with van der Waals surface area (Å²) < 4.78 is 37.7. The third kappa shape index (κ3) is 2.24. The van der Waals surface area contributed by atoms with Gasteiger partial charge in [0.25, 0.3) is 6.43 Å². The second kappa shape index (κ2) is 4.75. The highest BCUT2D eigenvalue weighted by atomic mass is 79.9. The van der Waals surface area contributed by atoms with Gasteiger partial charge in [-0.3, -0.25) is 0 Å². The number of hydrogen-bond donors (Lipinski definition) is 1. The summed E-state index contributed by atoms with van der Waals surface area (Å²) >= 11 is 2.93. The highest BCUT2D eigenvalue weighted by molar-refractivity contribution is 9.08. The Morgan fingerprint density at radius 3 is 2.57 bits per heavy atom. The second-order valence-electron chi connectivity index (χ2n) is 2.57. The molecule has 0 aliphatic heterocycles. The molecule has 1 rings (SSSR count). The standard InChI is InChI=1S/C8H7BrF3NO/c9-2-6-5(7(10)11)1-4(3-14)8(12)13-6/h1,7,14H,2-3H2. The summed E-state index contributed by atoms with van der Waals surface area (Å²) in [4.78, 5) is 3.33. The average molecular weight is 270 g/mol. The first-order chi connectivity index (χ1) is 6.60. The molecule has 0 radical (unpaired) electrons. The van der Waals surface area contributed by atoms with Crippen molar-refractivity contribution in [1.29, 1.82) is 0 Å². The quantitative estimate of drug-likeness (QED) is 0.676. The zero-order valence-corrected chi connectivity index (χ0v) is 8.56. The molecule has 1 N–H and O–H groups in total. The summed E-state index contributed by atoms with van der Waals surface area (Å²) in [5.74, 6) is -0.911. The lowest BCUT2D eigenvalue weighted by Crippen LogP contribution is -2.03. The zero-order chi connectivity index (χ0) is 10.7. The molecule has 0 saturated heterocycles. The minimum atomic E-state index is -2.72. The molecule has 6 heteroatoms. The normalized spacial score (nSPS) is 11.0. The van der Waals surface area contributed by atoms with Crippen LogP contribution in [0.3, 0.4) is 0 Å². The second-order valence-corrected chi connectivity index (χ2v) is 3.13. The van der Waals surface area contributed by atoms with E-state index in [9.17, 15) is 13.2 Å². The molecule has 78 valence electrons. The van der Waals surface area contributed by atoms with Crippen LogP contribution in [0.25, 0.3) is 0 Å². The molecule has 0 aliphatic rings. The monoisotopic (exact) mass is 269 g/mol. The number of aliphatic hydroxyl groups excluding tert-OH is 1. The van der Waals surface area contributed by atoms with Crippen molar-refractivity contribution in [2.24, 2.45) is 0 Å². The minimum Gasteiger partial charge on any atom is -0.392 e.